The van der Waals surface area contributed by atoms with E-state index in [1.807, 2.05) is 50.2 Å². The molecular formula is C16H19N3O. The van der Waals surface area contributed by atoms with Crippen LogP contribution in [-0.2, 0) is 0 Å². The van der Waals surface area contributed by atoms with Crippen molar-refractivity contribution in [3.05, 3.63) is 53.7 Å². The topological polar surface area (TPSA) is 45.2 Å². The summed E-state index contributed by atoms with van der Waals surface area (Å²) in [6, 6.07) is 13.3. The van der Waals surface area contributed by atoms with Gasteiger partial charge in [0.05, 0.1) is 0 Å². The molecule has 2 rings (SSSR count). The smallest absolute Gasteiger partial charge is 0.276 e. The van der Waals surface area contributed by atoms with Gasteiger partial charge in [-0.1, -0.05) is 18.2 Å². The van der Waals surface area contributed by atoms with Crippen molar-refractivity contribution < 1.29 is 4.79 Å². The van der Waals surface area contributed by atoms with Crippen LogP contribution in [0.25, 0.3) is 0 Å². The first kappa shape index (κ1) is 14.1. The van der Waals surface area contributed by atoms with E-state index < -0.39 is 0 Å². The average molecular weight is 269 g/mol. The minimum Gasteiger partial charge on any atom is -0.370 e. The Hall–Kier alpha value is -2.36. The third-order valence-corrected chi connectivity index (χ3v) is 3.02. The molecule has 0 atom stereocenters. The standard InChI is InChI=1S/C16H19N3O/c1-4-17-15-10-6-9-14(18-15)16(20)19(3)13-8-5-7-12(2)11-13/h5-11H,4H2,1-3H3,(H,17,18). The molecule has 0 aliphatic heterocycles. The maximum absolute atomic E-state index is 12.4. The van der Waals surface area contributed by atoms with Gasteiger partial charge in [-0.15, -0.1) is 0 Å². The van der Waals surface area contributed by atoms with Gasteiger partial charge in [-0.2, -0.15) is 0 Å². The summed E-state index contributed by atoms with van der Waals surface area (Å²) in [7, 11) is 1.76. The number of aryl methyl sites for hydroxylation is 1. The second kappa shape index (κ2) is 6.19. The van der Waals surface area contributed by atoms with Crippen molar-refractivity contribution >= 4 is 17.4 Å². The van der Waals surface area contributed by atoms with Crippen LogP contribution in [0.4, 0.5) is 11.5 Å². The minimum absolute atomic E-state index is 0.115. The van der Waals surface area contributed by atoms with Gasteiger partial charge in [0, 0.05) is 19.3 Å². The Morgan fingerprint density at radius 1 is 1.25 bits per heavy atom. The van der Waals surface area contributed by atoms with Crippen LogP contribution in [0, 0.1) is 6.92 Å². The quantitative estimate of drug-likeness (QED) is 0.927. The number of pyridine rings is 1. The number of carbonyl (C=O) groups excluding carboxylic acids is 1. The van der Waals surface area contributed by atoms with Gasteiger partial charge >= 0.3 is 0 Å². The van der Waals surface area contributed by atoms with Crippen molar-refractivity contribution in [2.45, 2.75) is 13.8 Å². The number of anilines is 2. The highest BCUT2D eigenvalue weighted by molar-refractivity contribution is 6.04. The number of amides is 1. The van der Waals surface area contributed by atoms with Gasteiger partial charge in [0.2, 0.25) is 0 Å². The normalized spacial score (nSPS) is 10.2. The molecule has 0 unspecified atom stereocenters. The number of nitrogens with one attached hydrogen (secondary N) is 1. The summed E-state index contributed by atoms with van der Waals surface area (Å²) in [4.78, 5) is 18.4. The molecule has 4 heteroatoms. The summed E-state index contributed by atoms with van der Waals surface area (Å²) in [5, 5.41) is 3.11. The van der Waals surface area contributed by atoms with Gasteiger partial charge < -0.3 is 10.2 Å². The van der Waals surface area contributed by atoms with E-state index in [2.05, 4.69) is 10.3 Å². The molecule has 0 spiro atoms. The molecule has 0 saturated carbocycles. The van der Waals surface area contributed by atoms with Crippen molar-refractivity contribution in [3.63, 3.8) is 0 Å². The largest absolute Gasteiger partial charge is 0.370 e. The van der Waals surface area contributed by atoms with Crippen molar-refractivity contribution in [2.24, 2.45) is 0 Å². The molecule has 0 aliphatic rings. The van der Waals surface area contributed by atoms with Gasteiger partial charge in [-0.3, -0.25) is 4.79 Å². The maximum atomic E-state index is 12.4. The molecule has 2 aromatic rings. The van der Waals surface area contributed by atoms with E-state index in [1.165, 1.54) is 0 Å². The predicted molar refractivity (Wildman–Crippen MR) is 82.3 cm³/mol. The van der Waals surface area contributed by atoms with Crippen LogP contribution < -0.4 is 10.2 Å². The Morgan fingerprint density at radius 3 is 2.70 bits per heavy atom. The average Bonchev–Trinajstić information content (AvgIpc) is 2.46. The minimum atomic E-state index is -0.115. The Morgan fingerprint density at radius 2 is 2.00 bits per heavy atom. The summed E-state index contributed by atoms with van der Waals surface area (Å²) >= 11 is 0. The van der Waals surface area contributed by atoms with E-state index in [0.29, 0.717) is 5.69 Å². The number of benzene rings is 1. The lowest BCUT2D eigenvalue weighted by molar-refractivity contribution is 0.0988. The summed E-state index contributed by atoms with van der Waals surface area (Å²) in [6.07, 6.45) is 0. The number of aromatic nitrogens is 1. The lowest BCUT2D eigenvalue weighted by Gasteiger charge is -2.17. The molecule has 104 valence electrons. The summed E-state index contributed by atoms with van der Waals surface area (Å²) in [5.74, 6) is 0.603. The lowest BCUT2D eigenvalue weighted by Crippen LogP contribution is -2.27. The van der Waals surface area contributed by atoms with Crippen LogP contribution in [0.3, 0.4) is 0 Å². The highest BCUT2D eigenvalue weighted by atomic mass is 16.2. The maximum Gasteiger partial charge on any atom is 0.276 e. The van der Waals surface area contributed by atoms with E-state index in [0.717, 1.165) is 23.6 Å². The summed E-state index contributed by atoms with van der Waals surface area (Å²) in [5.41, 5.74) is 2.43. The van der Waals surface area contributed by atoms with E-state index in [4.69, 9.17) is 0 Å². The molecular weight excluding hydrogens is 250 g/mol. The molecule has 1 N–H and O–H groups in total. The third kappa shape index (κ3) is 3.15. The number of carbonyl (C=O) groups is 1. The first-order chi connectivity index (χ1) is 9.61. The van der Waals surface area contributed by atoms with Crippen LogP contribution >= 0.6 is 0 Å². The zero-order valence-corrected chi connectivity index (χ0v) is 12.1. The second-order valence-corrected chi connectivity index (χ2v) is 4.64. The molecule has 20 heavy (non-hydrogen) atoms. The SMILES string of the molecule is CCNc1cccc(C(=O)N(C)c2cccc(C)c2)n1. The van der Waals surface area contributed by atoms with E-state index >= 15 is 0 Å². The van der Waals surface area contributed by atoms with Gasteiger partial charge in [0.1, 0.15) is 11.5 Å². The number of nitrogens with zero attached hydrogens (tertiary/aromatic N) is 2. The number of hydrogen-bond acceptors (Lipinski definition) is 3. The fourth-order valence-corrected chi connectivity index (χ4v) is 1.96. The molecule has 0 bridgehead atoms. The zero-order chi connectivity index (χ0) is 14.5. The van der Waals surface area contributed by atoms with Crippen molar-refractivity contribution in [3.8, 4) is 0 Å². The van der Waals surface area contributed by atoms with Crippen molar-refractivity contribution in [1.29, 1.82) is 0 Å². The summed E-state index contributed by atoms with van der Waals surface area (Å²) < 4.78 is 0. The zero-order valence-electron chi connectivity index (χ0n) is 12.1. The molecule has 4 nitrogen and oxygen atoms in total. The molecule has 1 aromatic heterocycles. The monoisotopic (exact) mass is 269 g/mol. The molecule has 1 amide bonds. The summed E-state index contributed by atoms with van der Waals surface area (Å²) in [6.45, 7) is 4.78. The van der Waals surface area contributed by atoms with Crippen LogP contribution in [0.1, 0.15) is 23.0 Å². The Kier molecular flexibility index (Phi) is 4.35. The second-order valence-electron chi connectivity index (χ2n) is 4.64. The number of hydrogen-bond donors (Lipinski definition) is 1. The van der Waals surface area contributed by atoms with Crippen molar-refractivity contribution in [1.82, 2.24) is 4.98 Å². The van der Waals surface area contributed by atoms with Crippen LogP contribution in [0.2, 0.25) is 0 Å². The predicted octanol–water partition coefficient (Wildman–Crippen LogP) is 3.10. The Labute approximate surface area is 119 Å². The van der Waals surface area contributed by atoms with Gasteiger partial charge in [-0.05, 0) is 43.7 Å². The van der Waals surface area contributed by atoms with Crippen LogP contribution in [0.5, 0.6) is 0 Å². The molecule has 0 fully saturated rings. The molecule has 1 heterocycles. The van der Waals surface area contributed by atoms with Crippen molar-refractivity contribution in [2.75, 3.05) is 23.8 Å². The Balaban J connectivity index is 2.24. The number of rotatable bonds is 4. The first-order valence-corrected chi connectivity index (χ1v) is 6.67. The highest BCUT2D eigenvalue weighted by Gasteiger charge is 2.15. The molecule has 0 radical (unpaired) electrons. The molecule has 1 aromatic carbocycles. The van der Waals surface area contributed by atoms with Crippen LogP contribution in [0.15, 0.2) is 42.5 Å². The fourth-order valence-electron chi connectivity index (χ4n) is 1.96. The van der Waals surface area contributed by atoms with E-state index in [-0.39, 0.29) is 5.91 Å². The third-order valence-electron chi connectivity index (χ3n) is 3.02. The fraction of sp³-hybridized carbons (Fsp3) is 0.250. The molecule has 0 saturated heterocycles. The van der Waals surface area contributed by atoms with Gasteiger partial charge in [0.15, 0.2) is 0 Å². The van der Waals surface area contributed by atoms with Gasteiger partial charge in [0.25, 0.3) is 5.91 Å². The highest BCUT2D eigenvalue weighted by Crippen LogP contribution is 2.17. The van der Waals surface area contributed by atoms with E-state index in [9.17, 15) is 4.79 Å². The van der Waals surface area contributed by atoms with Gasteiger partial charge in [-0.25, -0.2) is 4.98 Å². The molecule has 0 aliphatic carbocycles. The first-order valence-electron chi connectivity index (χ1n) is 6.67. The lowest BCUT2D eigenvalue weighted by atomic mass is 10.2. The van der Waals surface area contributed by atoms with E-state index in [1.54, 1.807) is 18.0 Å². The Bertz CT molecular complexity index is 610. The van der Waals surface area contributed by atoms with Crippen LogP contribution in [-0.4, -0.2) is 24.5 Å².